The van der Waals surface area contributed by atoms with Gasteiger partial charge < -0.3 is 14.6 Å². The number of ether oxygens (including phenoxy) is 1. The van der Waals surface area contributed by atoms with Gasteiger partial charge in [0.25, 0.3) is 0 Å². The monoisotopic (exact) mass is 317 g/mol. The number of imidazole rings is 1. The highest BCUT2D eigenvalue weighted by molar-refractivity contribution is 6.29. The fourth-order valence-corrected chi connectivity index (χ4v) is 2.09. The summed E-state index contributed by atoms with van der Waals surface area (Å²) >= 11 is 5.96. The quantitative estimate of drug-likeness (QED) is 0.803. The predicted molar refractivity (Wildman–Crippen MR) is 82.1 cm³/mol. The van der Waals surface area contributed by atoms with E-state index in [0.717, 1.165) is 0 Å². The lowest BCUT2D eigenvalue weighted by molar-refractivity contribution is -0.114. The Bertz CT molecular complexity index is 862. The molecule has 0 aromatic carbocycles. The van der Waals surface area contributed by atoms with E-state index in [0.29, 0.717) is 33.9 Å². The van der Waals surface area contributed by atoms with Crippen LogP contribution in [0.3, 0.4) is 0 Å². The fraction of sp³-hybridized carbons (Fsp3) is 0.143. The van der Waals surface area contributed by atoms with Crippen molar-refractivity contribution in [2.24, 2.45) is 7.05 Å². The molecule has 0 atom stereocenters. The highest BCUT2D eigenvalue weighted by atomic mass is 35.5. The Morgan fingerprint density at radius 1 is 1.32 bits per heavy atom. The van der Waals surface area contributed by atoms with E-state index in [1.165, 1.54) is 6.92 Å². The van der Waals surface area contributed by atoms with Gasteiger partial charge in [-0.25, -0.2) is 9.97 Å². The zero-order valence-electron chi connectivity index (χ0n) is 11.9. The zero-order valence-corrected chi connectivity index (χ0v) is 12.6. The summed E-state index contributed by atoms with van der Waals surface area (Å²) in [4.78, 5) is 23.6. The third kappa shape index (κ3) is 2.84. The van der Waals surface area contributed by atoms with Crippen molar-refractivity contribution < 1.29 is 9.53 Å². The number of halogens is 1. The maximum Gasteiger partial charge on any atom is 0.222 e. The van der Waals surface area contributed by atoms with E-state index in [4.69, 9.17) is 16.3 Å². The third-order valence-electron chi connectivity index (χ3n) is 2.89. The minimum Gasteiger partial charge on any atom is -0.439 e. The lowest BCUT2D eigenvalue weighted by Gasteiger charge is -2.07. The van der Waals surface area contributed by atoms with Gasteiger partial charge in [0.2, 0.25) is 17.1 Å². The molecule has 0 saturated carbocycles. The summed E-state index contributed by atoms with van der Waals surface area (Å²) in [5.74, 6) is 1.12. The molecule has 1 amide bonds. The van der Waals surface area contributed by atoms with E-state index in [1.807, 2.05) is 0 Å². The molecule has 0 aliphatic heterocycles. The average Bonchev–Trinajstić information content (AvgIpc) is 2.74. The van der Waals surface area contributed by atoms with Gasteiger partial charge in [0, 0.05) is 32.3 Å². The highest BCUT2D eigenvalue weighted by Gasteiger charge is 2.09. The molecule has 0 fully saturated rings. The Hall–Kier alpha value is -2.67. The van der Waals surface area contributed by atoms with Gasteiger partial charge in [0.15, 0.2) is 5.65 Å². The summed E-state index contributed by atoms with van der Waals surface area (Å²) < 4.78 is 7.35. The number of carbonyl (C=O) groups excluding carboxylic acids is 1. The number of hydrogen-bond acceptors (Lipinski definition) is 5. The van der Waals surface area contributed by atoms with Crippen LogP contribution < -0.4 is 10.1 Å². The molecule has 0 unspecified atom stereocenters. The molecule has 22 heavy (non-hydrogen) atoms. The lowest BCUT2D eigenvalue weighted by Crippen LogP contribution is -2.07. The second-order valence-electron chi connectivity index (χ2n) is 4.59. The predicted octanol–water partition coefficient (Wildman–Crippen LogP) is 2.77. The van der Waals surface area contributed by atoms with Crippen molar-refractivity contribution in [2.45, 2.75) is 6.92 Å². The van der Waals surface area contributed by atoms with Crippen molar-refractivity contribution in [1.29, 1.82) is 0 Å². The van der Waals surface area contributed by atoms with Crippen molar-refractivity contribution in [3.63, 3.8) is 0 Å². The minimum absolute atomic E-state index is 0.200. The van der Waals surface area contributed by atoms with Crippen LogP contribution >= 0.6 is 11.6 Å². The van der Waals surface area contributed by atoms with Crippen LogP contribution in [0.25, 0.3) is 11.2 Å². The standard InChI is InChI=1S/C14H12ClN5O2/c1-8(21)17-11-7-9(5-6-16-11)22-12-4-3-10-13(19-12)20(2)14(15)18-10/h3-7H,1-2H3,(H,16,17,21). The first kappa shape index (κ1) is 14.3. The Labute approximate surface area is 130 Å². The minimum atomic E-state index is -0.200. The van der Waals surface area contributed by atoms with Gasteiger partial charge in [-0.05, 0) is 23.7 Å². The number of aryl methyl sites for hydroxylation is 1. The molecular weight excluding hydrogens is 306 g/mol. The second kappa shape index (κ2) is 5.61. The molecule has 0 radical (unpaired) electrons. The first-order valence-corrected chi connectivity index (χ1v) is 6.81. The molecule has 8 heteroatoms. The normalized spacial score (nSPS) is 10.7. The molecule has 0 aliphatic rings. The number of nitrogens with zero attached hydrogens (tertiary/aromatic N) is 4. The zero-order chi connectivity index (χ0) is 15.7. The number of aromatic nitrogens is 4. The largest absolute Gasteiger partial charge is 0.439 e. The van der Waals surface area contributed by atoms with Crippen LogP contribution in [0.5, 0.6) is 11.6 Å². The molecule has 3 rings (SSSR count). The molecule has 3 heterocycles. The Morgan fingerprint density at radius 3 is 2.91 bits per heavy atom. The van der Waals surface area contributed by atoms with E-state index in [2.05, 4.69) is 20.3 Å². The topological polar surface area (TPSA) is 81.9 Å². The van der Waals surface area contributed by atoms with Crippen molar-refractivity contribution in [3.05, 3.63) is 35.7 Å². The number of carbonyl (C=O) groups is 1. The molecule has 0 spiro atoms. The van der Waals surface area contributed by atoms with E-state index >= 15 is 0 Å². The number of anilines is 1. The smallest absolute Gasteiger partial charge is 0.222 e. The fourth-order valence-electron chi connectivity index (χ4n) is 1.92. The summed E-state index contributed by atoms with van der Waals surface area (Å²) in [6.07, 6.45) is 1.54. The van der Waals surface area contributed by atoms with Gasteiger partial charge in [-0.2, -0.15) is 4.98 Å². The molecule has 3 aromatic heterocycles. The molecule has 0 bridgehead atoms. The van der Waals surface area contributed by atoms with E-state index in [-0.39, 0.29) is 5.91 Å². The number of amides is 1. The molecule has 3 aromatic rings. The van der Waals surface area contributed by atoms with Gasteiger partial charge in [0.05, 0.1) is 0 Å². The van der Waals surface area contributed by atoms with Crippen molar-refractivity contribution in [2.75, 3.05) is 5.32 Å². The Kier molecular flexibility index (Phi) is 3.64. The van der Waals surface area contributed by atoms with Crippen molar-refractivity contribution in [3.8, 4) is 11.6 Å². The van der Waals surface area contributed by atoms with Gasteiger partial charge in [-0.15, -0.1) is 0 Å². The molecule has 112 valence electrons. The number of pyridine rings is 2. The number of hydrogen-bond donors (Lipinski definition) is 1. The summed E-state index contributed by atoms with van der Waals surface area (Å²) in [6.45, 7) is 1.41. The van der Waals surface area contributed by atoms with Gasteiger partial charge >= 0.3 is 0 Å². The van der Waals surface area contributed by atoms with Crippen molar-refractivity contribution >= 4 is 34.5 Å². The summed E-state index contributed by atoms with van der Waals surface area (Å²) in [5, 5.41) is 2.95. The van der Waals surface area contributed by atoms with Crippen LogP contribution in [0.15, 0.2) is 30.5 Å². The van der Waals surface area contributed by atoms with Crippen LogP contribution in [-0.2, 0) is 11.8 Å². The van der Waals surface area contributed by atoms with Gasteiger partial charge in [0.1, 0.15) is 17.1 Å². The van der Waals surface area contributed by atoms with Crippen LogP contribution in [0.2, 0.25) is 5.28 Å². The number of nitrogens with one attached hydrogen (secondary N) is 1. The summed E-state index contributed by atoms with van der Waals surface area (Å²) in [7, 11) is 1.77. The molecule has 1 N–H and O–H groups in total. The van der Waals surface area contributed by atoms with Crippen molar-refractivity contribution in [1.82, 2.24) is 19.5 Å². The maximum absolute atomic E-state index is 11.0. The van der Waals surface area contributed by atoms with Crippen LogP contribution in [0.1, 0.15) is 6.92 Å². The van der Waals surface area contributed by atoms with E-state index in [1.54, 1.807) is 42.1 Å². The average molecular weight is 318 g/mol. The van der Waals surface area contributed by atoms with Gasteiger partial charge in [-0.1, -0.05) is 0 Å². The Balaban J connectivity index is 1.89. The van der Waals surface area contributed by atoms with Crippen LogP contribution in [0.4, 0.5) is 5.82 Å². The summed E-state index contributed by atoms with van der Waals surface area (Å²) in [5.41, 5.74) is 1.31. The molecule has 0 saturated heterocycles. The third-order valence-corrected chi connectivity index (χ3v) is 3.23. The van der Waals surface area contributed by atoms with E-state index in [9.17, 15) is 4.79 Å². The second-order valence-corrected chi connectivity index (χ2v) is 4.93. The number of fused-ring (bicyclic) bond motifs is 1. The highest BCUT2D eigenvalue weighted by Crippen LogP contribution is 2.24. The van der Waals surface area contributed by atoms with Gasteiger partial charge in [-0.3, -0.25) is 4.79 Å². The lowest BCUT2D eigenvalue weighted by atomic mass is 10.4. The molecule has 0 aliphatic carbocycles. The van der Waals surface area contributed by atoms with Crippen LogP contribution in [-0.4, -0.2) is 25.4 Å². The maximum atomic E-state index is 11.0. The summed E-state index contributed by atoms with van der Waals surface area (Å²) in [6, 6.07) is 6.76. The first-order valence-electron chi connectivity index (χ1n) is 6.43. The first-order chi connectivity index (χ1) is 10.5. The molecule has 7 nitrogen and oxygen atoms in total. The van der Waals surface area contributed by atoms with E-state index < -0.39 is 0 Å². The number of rotatable bonds is 3. The Morgan fingerprint density at radius 2 is 2.14 bits per heavy atom. The molecular formula is C14H12ClN5O2. The SMILES string of the molecule is CC(=O)Nc1cc(Oc2ccc3nc(Cl)n(C)c3n2)ccn1. The van der Waals surface area contributed by atoms with Crippen LogP contribution in [0, 0.1) is 0 Å².